The summed E-state index contributed by atoms with van der Waals surface area (Å²) in [5.41, 5.74) is 2.90. The number of rotatable bonds is 1. The lowest BCUT2D eigenvalue weighted by atomic mass is 9.81. The number of fused-ring (bicyclic) bond motifs is 2. The van der Waals surface area contributed by atoms with Gasteiger partial charge < -0.3 is 9.47 Å². The molecule has 80 valence electrons. The van der Waals surface area contributed by atoms with E-state index in [2.05, 4.69) is 18.2 Å². The van der Waals surface area contributed by atoms with Gasteiger partial charge in [-0.25, -0.2) is 0 Å². The lowest BCUT2D eigenvalue weighted by Crippen LogP contribution is -2.26. The Morgan fingerprint density at radius 3 is 3.07 bits per heavy atom. The monoisotopic (exact) mass is 204 g/mol. The number of hydrogen-bond donors (Lipinski definition) is 0. The van der Waals surface area contributed by atoms with Gasteiger partial charge in [0.25, 0.3) is 0 Å². The van der Waals surface area contributed by atoms with Gasteiger partial charge in [-0.1, -0.05) is 6.07 Å². The van der Waals surface area contributed by atoms with E-state index in [1.165, 1.54) is 24.0 Å². The fourth-order valence-electron chi connectivity index (χ4n) is 2.77. The molecule has 3 rings (SSSR count). The Balaban J connectivity index is 1.93. The number of benzene rings is 1. The van der Waals surface area contributed by atoms with Gasteiger partial charge in [-0.3, -0.25) is 0 Å². The van der Waals surface area contributed by atoms with Gasteiger partial charge in [-0.05, 0) is 48.4 Å². The predicted molar refractivity (Wildman–Crippen MR) is 58.2 cm³/mol. The molecular weight excluding hydrogens is 188 g/mol. The molecule has 0 amide bonds. The van der Waals surface area contributed by atoms with E-state index in [-0.39, 0.29) is 0 Å². The van der Waals surface area contributed by atoms with E-state index >= 15 is 0 Å². The second-order valence-corrected chi connectivity index (χ2v) is 4.50. The summed E-state index contributed by atoms with van der Waals surface area (Å²) in [6.45, 7) is 0.945. The van der Waals surface area contributed by atoms with Crippen LogP contribution in [-0.2, 0) is 17.6 Å². The highest BCUT2D eigenvalue weighted by Gasteiger charge is 2.33. The summed E-state index contributed by atoms with van der Waals surface area (Å²) in [6.07, 6.45) is 3.95. The Morgan fingerprint density at radius 2 is 2.20 bits per heavy atom. The molecular formula is C13H16O2. The van der Waals surface area contributed by atoms with Gasteiger partial charge in [0.05, 0.1) is 13.2 Å². The quantitative estimate of drug-likeness (QED) is 0.698. The average Bonchev–Trinajstić information content (AvgIpc) is 2.72. The van der Waals surface area contributed by atoms with Crippen molar-refractivity contribution in [1.29, 1.82) is 0 Å². The highest BCUT2D eigenvalue weighted by atomic mass is 16.5. The molecule has 1 saturated heterocycles. The maximum atomic E-state index is 5.75. The lowest BCUT2D eigenvalue weighted by Gasteiger charge is -2.26. The Hall–Kier alpha value is -1.02. The minimum absolute atomic E-state index is 0.463. The van der Waals surface area contributed by atoms with Crippen molar-refractivity contribution in [2.75, 3.05) is 13.7 Å². The molecule has 1 aliphatic heterocycles. The third-order valence-electron chi connectivity index (χ3n) is 3.66. The SMILES string of the molecule is COc1ccc2c(c1)C[C@H]1OCCC1C2. The molecule has 0 bridgehead atoms. The first-order valence-electron chi connectivity index (χ1n) is 5.64. The van der Waals surface area contributed by atoms with Gasteiger partial charge in [0, 0.05) is 6.61 Å². The second-order valence-electron chi connectivity index (χ2n) is 4.50. The van der Waals surface area contributed by atoms with Gasteiger partial charge in [-0.15, -0.1) is 0 Å². The van der Waals surface area contributed by atoms with Crippen molar-refractivity contribution in [2.24, 2.45) is 5.92 Å². The normalized spacial score (nSPS) is 28.3. The van der Waals surface area contributed by atoms with Crippen molar-refractivity contribution in [3.63, 3.8) is 0 Å². The number of methoxy groups -OCH3 is 1. The molecule has 1 aromatic carbocycles. The zero-order chi connectivity index (χ0) is 10.3. The van der Waals surface area contributed by atoms with E-state index in [4.69, 9.17) is 9.47 Å². The van der Waals surface area contributed by atoms with Crippen LogP contribution in [0.4, 0.5) is 0 Å². The van der Waals surface area contributed by atoms with E-state index in [1.807, 2.05) is 0 Å². The molecule has 1 unspecified atom stereocenters. The first-order valence-corrected chi connectivity index (χ1v) is 5.64. The van der Waals surface area contributed by atoms with Crippen molar-refractivity contribution in [3.05, 3.63) is 29.3 Å². The Bertz CT molecular complexity index is 373. The molecule has 0 saturated carbocycles. The fraction of sp³-hybridized carbons (Fsp3) is 0.538. The molecule has 1 aromatic rings. The van der Waals surface area contributed by atoms with Crippen LogP contribution in [0.15, 0.2) is 18.2 Å². The zero-order valence-electron chi connectivity index (χ0n) is 9.03. The minimum atomic E-state index is 0.463. The Morgan fingerprint density at radius 1 is 1.27 bits per heavy atom. The largest absolute Gasteiger partial charge is 0.497 e. The van der Waals surface area contributed by atoms with Crippen molar-refractivity contribution in [1.82, 2.24) is 0 Å². The molecule has 0 spiro atoms. The third kappa shape index (κ3) is 1.53. The minimum Gasteiger partial charge on any atom is -0.497 e. The van der Waals surface area contributed by atoms with Crippen LogP contribution >= 0.6 is 0 Å². The van der Waals surface area contributed by atoms with Crippen LogP contribution in [-0.4, -0.2) is 19.8 Å². The van der Waals surface area contributed by atoms with Crippen molar-refractivity contribution in [2.45, 2.75) is 25.4 Å². The number of hydrogen-bond acceptors (Lipinski definition) is 2. The van der Waals surface area contributed by atoms with Crippen LogP contribution in [0.5, 0.6) is 5.75 Å². The maximum absolute atomic E-state index is 5.75. The van der Waals surface area contributed by atoms with Gasteiger partial charge >= 0.3 is 0 Å². The van der Waals surface area contributed by atoms with Crippen molar-refractivity contribution < 1.29 is 9.47 Å². The highest BCUT2D eigenvalue weighted by molar-refractivity contribution is 5.38. The molecule has 1 heterocycles. The number of ether oxygens (including phenoxy) is 2. The summed E-state index contributed by atoms with van der Waals surface area (Å²) < 4.78 is 11.0. The Kier molecular flexibility index (Phi) is 2.17. The topological polar surface area (TPSA) is 18.5 Å². The molecule has 2 atom stereocenters. The second kappa shape index (κ2) is 3.53. The zero-order valence-corrected chi connectivity index (χ0v) is 9.03. The summed E-state index contributed by atoms with van der Waals surface area (Å²) in [6, 6.07) is 6.44. The van der Waals surface area contributed by atoms with Gasteiger partial charge in [-0.2, -0.15) is 0 Å². The predicted octanol–water partition coefficient (Wildman–Crippen LogP) is 2.20. The lowest BCUT2D eigenvalue weighted by molar-refractivity contribution is 0.0862. The summed E-state index contributed by atoms with van der Waals surface area (Å²) >= 11 is 0. The smallest absolute Gasteiger partial charge is 0.119 e. The van der Waals surface area contributed by atoms with Crippen LogP contribution in [0, 0.1) is 5.92 Å². The summed E-state index contributed by atoms with van der Waals surface area (Å²) in [7, 11) is 1.72. The molecule has 2 heteroatoms. The van der Waals surface area contributed by atoms with Crippen LogP contribution in [0.3, 0.4) is 0 Å². The first kappa shape index (κ1) is 9.22. The van der Waals surface area contributed by atoms with Gasteiger partial charge in [0.1, 0.15) is 5.75 Å². The molecule has 0 N–H and O–H groups in total. The summed E-state index contributed by atoms with van der Waals surface area (Å²) in [5, 5.41) is 0. The van der Waals surface area contributed by atoms with Crippen LogP contribution in [0.1, 0.15) is 17.5 Å². The van der Waals surface area contributed by atoms with Gasteiger partial charge in [0.2, 0.25) is 0 Å². The van der Waals surface area contributed by atoms with Crippen LogP contribution in [0.2, 0.25) is 0 Å². The van der Waals surface area contributed by atoms with E-state index in [1.54, 1.807) is 7.11 Å². The maximum Gasteiger partial charge on any atom is 0.119 e. The molecule has 1 fully saturated rings. The highest BCUT2D eigenvalue weighted by Crippen LogP contribution is 2.35. The average molecular weight is 204 g/mol. The van der Waals surface area contributed by atoms with Crippen LogP contribution < -0.4 is 4.74 Å². The van der Waals surface area contributed by atoms with E-state index in [0.29, 0.717) is 6.10 Å². The fourth-order valence-corrected chi connectivity index (χ4v) is 2.77. The molecule has 2 aliphatic rings. The van der Waals surface area contributed by atoms with E-state index in [0.717, 1.165) is 24.7 Å². The summed E-state index contributed by atoms with van der Waals surface area (Å²) in [4.78, 5) is 0. The van der Waals surface area contributed by atoms with Crippen LogP contribution in [0.25, 0.3) is 0 Å². The van der Waals surface area contributed by atoms with Crippen molar-refractivity contribution in [3.8, 4) is 5.75 Å². The van der Waals surface area contributed by atoms with Crippen molar-refractivity contribution >= 4 is 0 Å². The molecule has 1 aliphatic carbocycles. The van der Waals surface area contributed by atoms with E-state index in [9.17, 15) is 0 Å². The molecule has 0 radical (unpaired) electrons. The molecule has 15 heavy (non-hydrogen) atoms. The first-order chi connectivity index (χ1) is 7.36. The third-order valence-corrected chi connectivity index (χ3v) is 3.66. The van der Waals surface area contributed by atoms with Gasteiger partial charge in [0.15, 0.2) is 0 Å². The molecule has 0 aromatic heterocycles. The summed E-state index contributed by atoms with van der Waals surface area (Å²) in [5.74, 6) is 1.72. The van der Waals surface area contributed by atoms with E-state index < -0.39 is 0 Å². The standard InChI is InChI=1S/C13H16O2/c1-14-12-3-2-9-6-10-4-5-15-13(10)8-11(9)7-12/h2-3,7,10,13H,4-6,8H2,1H3/t10?,13-/m1/s1. The molecule has 2 nitrogen and oxygen atoms in total. The Labute approximate surface area is 90.2 Å².